The van der Waals surface area contributed by atoms with Gasteiger partial charge in [-0.15, -0.1) is 0 Å². The van der Waals surface area contributed by atoms with Crippen molar-refractivity contribution in [3.63, 3.8) is 0 Å². The Morgan fingerprint density at radius 2 is 2.14 bits per heavy atom. The molecule has 2 heterocycles. The van der Waals surface area contributed by atoms with Crippen LogP contribution < -0.4 is 10.2 Å². The third-order valence-corrected chi connectivity index (χ3v) is 3.49. The highest BCUT2D eigenvalue weighted by Gasteiger charge is 2.33. The van der Waals surface area contributed by atoms with Crippen molar-refractivity contribution in [3.05, 3.63) is 17.7 Å². The number of rotatable bonds is 4. The fourth-order valence-electron chi connectivity index (χ4n) is 2.39. The highest BCUT2D eigenvalue weighted by atomic mass is 19.4. The summed E-state index contributed by atoms with van der Waals surface area (Å²) in [5.41, 5.74) is -0.676. The maximum absolute atomic E-state index is 13.0. The molecule has 1 saturated heterocycles. The number of hydrogen-bond donors (Lipinski definition) is 1. The molecule has 7 heteroatoms. The summed E-state index contributed by atoms with van der Waals surface area (Å²) in [5, 5.41) is 2.86. The number of pyridine rings is 1. The van der Waals surface area contributed by atoms with E-state index in [0.717, 1.165) is 18.6 Å². The Kier molecular flexibility index (Phi) is 4.92. The molecule has 0 amide bonds. The molecular formula is C14H20F3N3O. The highest BCUT2D eigenvalue weighted by Crippen LogP contribution is 2.33. The maximum Gasteiger partial charge on any atom is 0.416 e. The van der Waals surface area contributed by atoms with E-state index in [0.29, 0.717) is 32.1 Å². The third kappa shape index (κ3) is 3.78. The maximum atomic E-state index is 13.0. The molecule has 0 bridgehead atoms. The average Bonchev–Trinajstić information content (AvgIpc) is 2.46. The van der Waals surface area contributed by atoms with Crippen molar-refractivity contribution in [3.8, 4) is 0 Å². The third-order valence-electron chi connectivity index (χ3n) is 3.49. The van der Waals surface area contributed by atoms with Crippen molar-refractivity contribution in [2.24, 2.45) is 0 Å². The summed E-state index contributed by atoms with van der Waals surface area (Å²) < 4.78 is 44.5. The summed E-state index contributed by atoms with van der Waals surface area (Å²) >= 11 is 0. The van der Waals surface area contributed by atoms with E-state index in [1.54, 1.807) is 0 Å². The van der Waals surface area contributed by atoms with Gasteiger partial charge in [0.15, 0.2) is 0 Å². The van der Waals surface area contributed by atoms with Crippen LogP contribution in [0, 0.1) is 0 Å². The first-order valence-electron chi connectivity index (χ1n) is 7.13. The molecular weight excluding hydrogens is 283 g/mol. The van der Waals surface area contributed by atoms with Crippen molar-refractivity contribution in [1.29, 1.82) is 0 Å². The molecule has 2 rings (SSSR count). The zero-order valence-electron chi connectivity index (χ0n) is 12.2. The van der Waals surface area contributed by atoms with Gasteiger partial charge in [0.25, 0.3) is 0 Å². The molecule has 0 saturated carbocycles. The van der Waals surface area contributed by atoms with Gasteiger partial charge >= 0.3 is 6.18 Å². The molecule has 1 fully saturated rings. The zero-order valence-corrected chi connectivity index (χ0v) is 12.2. The highest BCUT2D eigenvalue weighted by molar-refractivity contribution is 5.52. The van der Waals surface area contributed by atoms with E-state index in [2.05, 4.69) is 10.3 Å². The topological polar surface area (TPSA) is 37.4 Å². The lowest BCUT2D eigenvalue weighted by Crippen LogP contribution is -2.45. The van der Waals surface area contributed by atoms with Crippen LogP contribution in [0.2, 0.25) is 0 Å². The number of ether oxygens (including phenoxy) is 1. The van der Waals surface area contributed by atoms with Crippen molar-refractivity contribution in [1.82, 2.24) is 4.98 Å². The van der Waals surface area contributed by atoms with E-state index >= 15 is 0 Å². The molecule has 118 valence electrons. The fraction of sp³-hybridized carbons (Fsp3) is 0.643. The van der Waals surface area contributed by atoms with Crippen molar-refractivity contribution in [2.75, 3.05) is 36.5 Å². The van der Waals surface area contributed by atoms with Crippen LogP contribution in [-0.4, -0.2) is 37.3 Å². The lowest BCUT2D eigenvalue weighted by molar-refractivity contribution is -0.137. The number of alkyl halides is 3. The minimum atomic E-state index is -4.38. The molecule has 1 aliphatic rings. The van der Waals surface area contributed by atoms with Gasteiger partial charge in [-0.2, -0.15) is 13.2 Å². The van der Waals surface area contributed by atoms with E-state index in [1.807, 2.05) is 18.7 Å². The molecule has 1 N–H and O–H groups in total. The minimum absolute atomic E-state index is 0.0595. The van der Waals surface area contributed by atoms with Gasteiger partial charge in [0.05, 0.1) is 24.8 Å². The summed E-state index contributed by atoms with van der Waals surface area (Å²) in [7, 11) is 0. The molecule has 1 unspecified atom stereocenters. The second-order valence-electron chi connectivity index (χ2n) is 4.96. The summed E-state index contributed by atoms with van der Waals surface area (Å²) in [4.78, 5) is 6.22. The van der Waals surface area contributed by atoms with Crippen LogP contribution in [0.3, 0.4) is 0 Å². The van der Waals surface area contributed by atoms with Gasteiger partial charge in [0.1, 0.15) is 11.6 Å². The molecule has 1 aromatic rings. The lowest BCUT2D eigenvalue weighted by Gasteiger charge is -2.36. The van der Waals surface area contributed by atoms with Gasteiger partial charge in [-0.05, 0) is 25.5 Å². The number of nitrogens with one attached hydrogen (secondary N) is 1. The standard InChI is InChI=1S/C14H20F3N3O/c1-3-11-9-21-6-5-20(11)13-8-10(14(15,16)17)7-12(19-13)18-4-2/h7-8,11H,3-6,9H2,1-2H3,(H,18,19). The molecule has 0 aliphatic carbocycles. The zero-order chi connectivity index (χ0) is 15.5. The van der Waals surface area contributed by atoms with Crippen LogP contribution in [0.1, 0.15) is 25.8 Å². The van der Waals surface area contributed by atoms with Crippen LogP contribution in [0.25, 0.3) is 0 Å². The Bertz CT molecular complexity index is 479. The predicted molar refractivity (Wildman–Crippen MR) is 75.6 cm³/mol. The van der Waals surface area contributed by atoms with E-state index in [1.165, 1.54) is 0 Å². The number of halogens is 3. The summed E-state index contributed by atoms with van der Waals surface area (Å²) in [6.45, 7) is 5.92. The Morgan fingerprint density at radius 1 is 1.38 bits per heavy atom. The SMILES string of the molecule is CCNc1cc(C(F)(F)F)cc(N2CCOCC2CC)n1. The first-order chi connectivity index (χ1) is 9.95. The van der Waals surface area contributed by atoms with Gasteiger partial charge in [0, 0.05) is 13.1 Å². The second kappa shape index (κ2) is 6.51. The van der Waals surface area contributed by atoms with Gasteiger partial charge in [-0.25, -0.2) is 4.98 Å². The fourth-order valence-corrected chi connectivity index (χ4v) is 2.39. The van der Waals surface area contributed by atoms with Crippen molar-refractivity contribution >= 4 is 11.6 Å². The Labute approximate surface area is 122 Å². The number of anilines is 2. The van der Waals surface area contributed by atoms with E-state index < -0.39 is 11.7 Å². The Hall–Kier alpha value is -1.50. The molecule has 4 nitrogen and oxygen atoms in total. The van der Waals surface area contributed by atoms with E-state index in [9.17, 15) is 13.2 Å². The normalized spacial score (nSPS) is 19.7. The molecule has 21 heavy (non-hydrogen) atoms. The summed E-state index contributed by atoms with van der Waals surface area (Å²) in [5.74, 6) is 0.611. The summed E-state index contributed by atoms with van der Waals surface area (Å²) in [6, 6.07) is 2.23. The van der Waals surface area contributed by atoms with E-state index in [4.69, 9.17) is 4.74 Å². The van der Waals surface area contributed by atoms with Crippen molar-refractivity contribution in [2.45, 2.75) is 32.5 Å². The average molecular weight is 303 g/mol. The van der Waals surface area contributed by atoms with Gasteiger partial charge in [-0.3, -0.25) is 0 Å². The number of aromatic nitrogens is 1. The quantitative estimate of drug-likeness (QED) is 0.927. The summed E-state index contributed by atoms with van der Waals surface area (Å²) in [6.07, 6.45) is -3.58. The van der Waals surface area contributed by atoms with Crippen LogP contribution in [0.4, 0.5) is 24.8 Å². The van der Waals surface area contributed by atoms with Crippen LogP contribution in [0.15, 0.2) is 12.1 Å². The minimum Gasteiger partial charge on any atom is -0.377 e. The Morgan fingerprint density at radius 3 is 2.76 bits per heavy atom. The molecule has 1 aliphatic heterocycles. The van der Waals surface area contributed by atoms with Crippen molar-refractivity contribution < 1.29 is 17.9 Å². The molecule has 0 spiro atoms. The Balaban J connectivity index is 2.38. The monoisotopic (exact) mass is 303 g/mol. The second-order valence-corrected chi connectivity index (χ2v) is 4.96. The molecule has 0 aromatic carbocycles. The largest absolute Gasteiger partial charge is 0.416 e. The van der Waals surface area contributed by atoms with Crippen LogP contribution in [0.5, 0.6) is 0 Å². The number of morpholine rings is 1. The molecule has 1 atom stereocenters. The predicted octanol–water partition coefficient (Wildman–Crippen LogP) is 3.15. The smallest absolute Gasteiger partial charge is 0.377 e. The van der Waals surface area contributed by atoms with E-state index in [-0.39, 0.29) is 11.9 Å². The van der Waals surface area contributed by atoms with Crippen LogP contribution in [-0.2, 0) is 10.9 Å². The van der Waals surface area contributed by atoms with Gasteiger partial charge in [0.2, 0.25) is 0 Å². The molecule has 1 aromatic heterocycles. The van der Waals surface area contributed by atoms with Crippen LogP contribution >= 0.6 is 0 Å². The first-order valence-corrected chi connectivity index (χ1v) is 7.13. The first kappa shape index (κ1) is 15.9. The lowest BCUT2D eigenvalue weighted by atomic mass is 10.1. The number of hydrogen-bond acceptors (Lipinski definition) is 4. The molecule has 0 radical (unpaired) electrons. The van der Waals surface area contributed by atoms with Gasteiger partial charge < -0.3 is 15.0 Å². The number of nitrogens with zero attached hydrogens (tertiary/aromatic N) is 2. The van der Waals surface area contributed by atoms with Gasteiger partial charge in [-0.1, -0.05) is 6.92 Å².